The van der Waals surface area contributed by atoms with Gasteiger partial charge in [-0.1, -0.05) is 24.3 Å². The fourth-order valence-corrected chi connectivity index (χ4v) is 6.55. The van der Waals surface area contributed by atoms with E-state index in [0.717, 1.165) is 56.6 Å². The first kappa shape index (κ1) is 26.6. The van der Waals surface area contributed by atoms with E-state index in [2.05, 4.69) is 61.8 Å². The first-order valence-electron chi connectivity index (χ1n) is 14.6. The molecule has 6 rings (SSSR count). The molecule has 2 aliphatic carbocycles. The summed E-state index contributed by atoms with van der Waals surface area (Å²) in [6, 6.07) is 20.9. The third-order valence-corrected chi connectivity index (χ3v) is 8.56. The largest absolute Gasteiger partial charge is 0.474 e. The molecule has 1 aromatic heterocycles. The van der Waals surface area contributed by atoms with E-state index in [1.165, 1.54) is 24.0 Å². The molecular weight excluding hydrogens is 502 g/mol. The van der Waals surface area contributed by atoms with Crippen LogP contribution in [0.25, 0.3) is 0 Å². The number of aromatic nitrogens is 1. The molecule has 8 nitrogen and oxygen atoms in total. The number of nitrogens with one attached hydrogen (secondary N) is 2. The number of hydrogen-bond donors (Lipinski definition) is 3. The fourth-order valence-electron chi connectivity index (χ4n) is 6.55. The zero-order chi connectivity index (χ0) is 27.3. The van der Waals surface area contributed by atoms with Crippen molar-refractivity contribution >= 4 is 23.1 Å². The van der Waals surface area contributed by atoms with Crippen LogP contribution in [0.2, 0.25) is 0 Å². The second kappa shape index (κ2) is 12.3. The second-order valence-electron chi connectivity index (χ2n) is 11.2. The highest BCUT2D eigenvalue weighted by Gasteiger charge is 2.34. The molecule has 1 saturated carbocycles. The first-order chi connectivity index (χ1) is 19.6. The van der Waals surface area contributed by atoms with Gasteiger partial charge >= 0.3 is 6.03 Å². The van der Waals surface area contributed by atoms with Crippen LogP contribution in [0.3, 0.4) is 0 Å². The Labute approximate surface area is 236 Å². The lowest BCUT2D eigenvalue weighted by molar-refractivity contribution is 0.114. The van der Waals surface area contributed by atoms with Crippen molar-refractivity contribution in [3.63, 3.8) is 0 Å². The number of fused-ring (bicyclic) bond motifs is 1. The number of rotatable bonds is 9. The average Bonchev–Trinajstić information content (AvgIpc) is 3.74. The van der Waals surface area contributed by atoms with E-state index in [-0.39, 0.29) is 18.7 Å². The van der Waals surface area contributed by atoms with Crippen molar-refractivity contribution in [3.8, 4) is 5.88 Å². The molecule has 3 aliphatic rings. The Bertz CT molecular complexity index is 1250. The summed E-state index contributed by atoms with van der Waals surface area (Å²) >= 11 is 0. The minimum Gasteiger partial charge on any atom is -0.474 e. The van der Waals surface area contributed by atoms with E-state index in [4.69, 9.17) is 4.74 Å². The lowest BCUT2D eigenvalue weighted by Crippen LogP contribution is -2.46. The molecule has 3 aromatic rings. The van der Waals surface area contributed by atoms with Gasteiger partial charge in [0.1, 0.15) is 6.10 Å². The summed E-state index contributed by atoms with van der Waals surface area (Å²) in [7, 11) is 0. The van der Waals surface area contributed by atoms with Crippen molar-refractivity contribution in [3.05, 3.63) is 78.0 Å². The van der Waals surface area contributed by atoms with E-state index in [9.17, 15) is 9.90 Å². The third-order valence-electron chi connectivity index (χ3n) is 8.56. The Balaban J connectivity index is 1.00. The number of carbonyl (C=O) groups is 1. The van der Waals surface area contributed by atoms with Gasteiger partial charge in [-0.2, -0.15) is 0 Å². The molecule has 1 saturated heterocycles. The standard InChI is InChI=1S/C32H39N5O3/c38-18-17-37(29-19-23-5-1-2-6-24(23)20-29)28-15-16-36(22-28)27-12-9-25(10-13-27)34-32(39)35-26-11-14-31(33-21-26)40-30-7-3-4-8-30/h1-2,5-6,9-14,21,28-30,38H,3-4,7-8,15-20,22H2,(H2,34,35,39). The molecule has 210 valence electrons. The quantitative estimate of drug-likeness (QED) is 0.350. The first-order valence-corrected chi connectivity index (χ1v) is 14.6. The minimum absolute atomic E-state index is 0.181. The predicted octanol–water partition coefficient (Wildman–Crippen LogP) is 5.09. The zero-order valence-corrected chi connectivity index (χ0v) is 23.0. The van der Waals surface area contributed by atoms with Crippen molar-refractivity contribution in [2.75, 3.05) is 41.8 Å². The molecule has 0 spiro atoms. The van der Waals surface area contributed by atoms with Gasteiger partial charge in [-0.3, -0.25) is 4.90 Å². The number of pyridine rings is 1. The van der Waals surface area contributed by atoms with Gasteiger partial charge in [0, 0.05) is 49.2 Å². The van der Waals surface area contributed by atoms with Gasteiger partial charge in [0.2, 0.25) is 5.88 Å². The second-order valence-corrected chi connectivity index (χ2v) is 11.2. The fraction of sp³-hybridized carbons (Fsp3) is 0.438. The van der Waals surface area contributed by atoms with Crippen molar-refractivity contribution in [2.24, 2.45) is 0 Å². The summed E-state index contributed by atoms with van der Waals surface area (Å²) in [6.07, 6.45) is 9.67. The molecule has 1 atom stereocenters. The summed E-state index contributed by atoms with van der Waals surface area (Å²) in [5.41, 5.74) is 5.39. The Hall–Kier alpha value is -3.62. The number of urea groups is 1. The number of hydrogen-bond acceptors (Lipinski definition) is 6. The van der Waals surface area contributed by atoms with Crippen molar-refractivity contribution in [1.82, 2.24) is 9.88 Å². The maximum Gasteiger partial charge on any atom is 0.323 e. The predicted molar refractivity (Wildman–Crippen MR) is 158 cm³/mol. The van der Waals surface area contributed by atoms with Gasteiger partial charge in [-0.25, -0.2) is 9.78 Å². The van der Waals surface area contributed by atoms with Crippen molar-refractivity contribution in [2.45, 2.75) is 63.1 Å². The molecular formula is C32H39N5O3. The van der Waals surface area contributed by atoms with Gasteiger partial charge in [0.25, 0.3) is 0 Å². The van der Waals surface area contributed by atoms with E-state index >= 15 is 0 Å². The number of ether oxygens (including phenoxy) is 1. The highest BCUT2D eigenvalue weighted by molar-refractivity contribution is 5.99. The average molecular weight is 542 g/mol. The van der Waals surface area contributed by atoms with Gasteiger partial charge in [-0.15, -0.1) is 0 Å². The van der Waals surface area contributed by atoms with Gasteiger partial charge < -0.3 is 25.4 Å². The highest BCUT2D eigenvalue weighted by Crippen LogP contribution is 2.31. The molecule has 40 heavy (non-hydrogen) atoms. The topological polar surface area (TPSA) is 90.0 Å². The number of aliphatic hydroxyl groups excluding tert-OH is 1. The molecule has 0 bridgehead atoms. The van der Waals surface area contributed by atoms with Crippen LogP contribution < -0.4 is 20.3 Å². The van der Waals surface area contributed by atoms with Gasteiger partial charge in [-0.05, 0) is 86.4 Å². The lowest BCUT2D eigenvalue weighted by Gasteiger charge is -2.34. The number of aliphatic hydroxyl groups is 1. The normalized spacial score (nSPS) is 19.2. The number of nitrogens with zero attached hydrogens (tertiary/aromatic N) is 3. The van der Waals surface area contributed by atoms with Crippen molar-refractivity contribution in [1.29, 1.82) is 0 Å². The maximum absolute atomic E-state index is 12.6. The van der Waals surface area contributed by atoms with Crippen molar-refractivity contribution < 1.29 is 14.6 Å². The summed E-state index contributed by atoms with van der Waals surface area (Å²) in [4.78, 5) is 21.8. The molecule has 1 aliphatic heterocycles. The van der Waals surface area contributed by atoms with Crippen LogP contribution in [0.4, 0.5) is 21.9 Å². The maximum atomic E-state index is 12.6. The van der Waals surface area contributed by atoms with Crippen LogP contribution in [-0.4, -0.2) is 65.5 Å². The Morgan fingerprint density at radius 1 is 0.925 bits per heavy atom. The summed E-state index contributed by atoms with van der Waals surface area (Å²) in [5, 5.41) is 15.6. The van der Waals surface area contributed by atoms with Crippen LogP contribution >= 0.6 is 0 Å². The number of amides is 2. The van der Waals surface area contributed by atoms with Crippen LogP contribution in [0.5, 0.6) is 5.88 Å². The molecule has 3 N–H and O–H groups in total. The Morgan fingerprint density at radius 2 is 1.62 bits per heavy atom. The minimum atomic E-state index is -0.308. The molecule has 2 fully saturated rings. The molecule has 1 unspecified atom stereocenters. The molecule has 2 amide bonds. The van der Waals surface area contributed by atoms with Gasteiger partial charge in [0.05, 0.1) is 18.5 Å². The number of benzene rings is 2. The SMILES string of the molecule is O=C(Nc1ccc(N2CCC(N(CCO)C3Cc4ccccc4C3)C2)cc1)Nc1ccc(OC2CCCC2)nc1. The molecule has 0 radical (unpaired) electrons. The van der Waals surface area contributed by atoms with E-state index in [0.29, 0.717) is 30.2 Å². The number of carbonyl (C=O) groups excluding carboxylic acids is 1. The summed E-state index contributed by atoms with van der Waals surface area (Å²) < 4.78 is 5.90. The van der Waals surface area contributed by atoms with E-state index < -0.39 is 0 Å². The number of anilines is 3. The molecule has 2 heterocycles. The third kappa shape index (κ3) is 6.24. The lowest BCUT2D eigenvalue weighted by atomic mass is 10.1. The van der Waals surface area contributed by atoms with E-state index in [1.54, 1.807) is 12.3 Å². The van der Waals surface area contributed by atoms with Crippen LogP contribution in [0.1, 0.15) is 43.2 Å². The highest BCUT2D eigenvalue weighted by atomic mass is 16.5. The zero-order valence-electron chi connectivity index (χ0n) is 23.0. The smallest absolute Gasteiger partial charge is 0.323 e. The van der Waals surface area contributed by atoms with Crippen LogP contribution in [0.15, 0.2) is 66.9 Å². The van der Waals surface area contributed by atoms with E-state index in [1.807, 2.05) is 18.2 Å². The summed E-state index contributed by atoms with van der Waals surface area (Å²) in [6.45, 7) is 2.81. The van der Waals surface area contributed by atoms with Gasteiger partial charge in [0.15, 0.2) is 0 Å². The van der Waals surface area contributed by atoms with Crippen LogP contribution in [0, 0.1) is 0 Å². The Kier molecular flexibility index (Phi) is 8.16. The molecule has 8 heteroatoms. The monoisotopic (exact) mass is 541 g/mol. The summed E-state index contributed by atoms with van der Waals surface area (Å²) in [5.74, 6) is 0.602. The Morgan fingerprint density at radius 3 is 2.30 bits per heavy atom. The molecule has 2 aromatic carbocycles. The van der Waals surface area contributed by atoms with Crippen LogP contribution in [-0.2, 0) is 12.8 Å².